The zero-order valence-corrected chi connectivity index (χ0v) is 24.4. The van der Waals surface area contributed by atoms with Gasteiger partial charge in [-0.1, -0.05) is 97.7 Å². The number of hydrogen-bond donors (Lipinski definition) is 0. The van der Waals surface area contributed by atoms with Crippen LogP contribution in [-0.4, -0.2) is 29.0 Å². The van der Waals surface area contributed by atoms with Gasteiger partial charge in [0.2, 0.25) is 0 Å². The van der Waals surface area contributed by atoms with E-state index in [9.17, 15) is 16.8 Å². The first-order chi connectivity index (χ1) is 17.4. The molecule has 3 rings (SSSR count). The Morgan fingerprint density at radius 1 is 0.757 bits per heavy atom. The first-order valence-electron chi connectivity index (χ1n) is 12.2. The summed E-state index contributed by atoms with van der Waals surface area (Å²) in [5, 5.41) is 0. The van der Waals surface area contributed by atoms with E-state index in [4.69, 9.17) is 0 Å². The van der Waals surface area contributed by atoms with Crippen molar-refractivity contribution in [1.82, 2.24) is 0 Å². The van der Waals surface area contributed by atoms with Gasteiger partial charge in [-0.05, 0) is 49.4 Å². The van der Waals surface area contributed by atoms with Gasteiger partial charge in [0.05, 0.1) is 9.79 Å². The van der Waals surface area contributed by atoms with Crippen LogP contribution >= 0.6 is 0 Å². The monoisotopic (exact) mass is 550 g/mol. The van der Waals surface area contributed by atoms with Crippen molar-refractivity contribution in [2.75, 3.05) is 0 Å². The molecular weight excluding hydrogens is 517 g/mol. The van der Waals surface area contributed by atoms with Crippen LogP contribution in [0.4, 0.5) is 0 Å². The first kappa shape index (κ1) is 28.6. The molecule has 0 radical (unpaired) electrons. The lowest BCUT2D eigenvalue weighted by molar-refractivity contribution is 0.538. The molecular formula is C30H34O4S2Si. The lowest BCUT2D eigenvalue weighted by Gasteiger charge is -2.31. The second-order valence-corrected chi connectivity index (χ2v) is 20.6. The van der Waals surface area contributed by atoms with Crippen molar-refractivity contribution in [1.29, 1.82) is 0 Å². The van der Waals surface area contributed by atoms with E-state index in [0.29, 0.717) is 5.56 Å². The fraction of sp³-hybridized carbons (Fsp3) is 0.267. The Morgan fingerprint density at radius 3 is 1.62 bits per heavy atom. The molecule has 0 aliphatic heterocycles. The van der Waals surface area contributed by atoms with E-state index in [1.54, 1.807) is 42.5 Å². The maximum atomic E-state index is 14.3. The molecule has 37 heavy (non-hydrogen) atoms. The highest BCUT2D eigenvalue weighted by Crippen LogP contribution is 2.42. The van der Waals surface area contributed by atoms with E-state index < -0.39 is 31.8 Å². The first-order valence-corrected chi connectivity index (χ1v) is 18.9. The summed E-state index contributed by atoms with van der Waals surface area (Å²) in [7, 11) is -10.3. The van der Waals surface area contributed by atoms with Crippen LogP contribution in [0.3, 0.4) is 0 Å². The van der Waals surface area contributed by atoms with Gasteiger partial charge in [0.25, 0.3) is 0 Å². The Balaban J connectivity index is 2.29. The van der Waals surface area contributed by atoms with Crippen molar-refractivity contribution in [2.45, 2.75) is 59.3 Å². The van der Waals surface area contributed by atoms with Crippen LogP contribution < -0.4 is 0 Å². The van der Waals surface area contributed by atoms with Gasteiger partial charge in [-0.3, -0.25) is 0 Å². The lowest BCUT2D eigenvalue weighted by atomic mass is 10.1. The van der Waals surface area contributed by atoms with Crippen LogP contribution in [0, 0.1) is 11.8 Å². The molecule has 0 heterocycles. The summed E-state index contributed by atoms with van der Waals surface area (Å²) in [4.78, 5) is -0.0699. The Bertz CT molecular complexity index is 1420. The molecule has 0 fully saturated rings. The van der Waals surface area contributed by atoms with E-state index in [1.807, 2.05) is 37.3 Å². The third-order valence-corrected chi connectivity index (χ3v) is 13.3. The van der Waals surface area contributed by atoms with Crippen molar-refractivity contribution < 1.29 is 16.8 Å². The van der Waals surface area contributed by atoms with Gasteiger partial charge in [0, 0.05) is 26.5 Å². The predicted octanol–water partition coefficient (Wildman–Crippen LogP) is 6.75. The Kier molecular flexibility index (Phi) is 9.01. The molecule has 0 atom stereocenters. The minimum atomic E-state index is -4.39. The van der Waals surface area contributed by atoms with Gasteiger partial charge >= 0.3 is 0 Å². The van der Waals surface area contributed by atoms with Crippen LogP contribution in [0.1, 0.15) is 25.3 Å². The molecule has 0 amide bonds. The molecule has 0 spiro atoms. The molecule has 0 aromatic heterocycles. The predicted molar refractivity (Wildman–Crippen MR) is 154 cm³/mol. The molecule has 194 valence electrons. The van der Waals surface area contributed by atoms with Crippen LogP contribution in [0.2, 0.25) is 25.7 Å². The van der Waals surface area contributed by atoms with Crippen molar-refractivity contribution in [3.63, 3.8) is 0 Å². The Hall–Kier alpha value is -2.92. The molecule has 0 N–H and O–H groups in total. The zero-order chi connectivity index (χ0) is 27.2. The standard InChI is InChI=1S/C30H34O4S2Si/c1-26(25-37(2,3)4)22-24-30(23-14-17-27-15-8-5-9-16-27,35(31,32)28-18-10-6-11-19-28)36(33,34)29-20-12-7-13-21-29/h5-13,15-16,18-22H,23-25H2,1-4H3/b26-22-. The minimum absolute atomic E-state index is 0.0349. The zero-order valence-electron chi connectivity index (χ0n) is 21.8. The van der Waals surface area contributed by atoms with E-state index in [0.717, 1.165) is 11.6 Å². The Labute approximate surface area is 223 Å². The fourth-order valence-corrected chi connectivity index (χ4v) is 10.9. The maximum absolute atomic E-state index is 14.3. The summed E-state index contributed by atoms with van der Waals surface area (Å²) in [5.74, 6) is 5.92. The van der Waals surface area contributed by atoms with Crippen molar-refractivity contribution >= 4 is 27.7 Å². The molecule has 3 aromatic rings. The summed E-state index contributed by atoms with van der Waals surface area (Å²) < 4.78 is 55.2. The van der Waals surface area contributed by atoms with Gasteiger partial charge in [-0.15, -0.1) is 0 Å². The maximum Gasteiger partial charge on any atom is 0.200 e. The summed E-state index contributed by atoms with van der Waals surface area (Å²) >= 11 is 0. The highest BCUT2D eigenvalue weighted by atomic mass is 32.3. The smallest absolute Gasteiger partial charge is 0.200 e. The van der Waals surface area contributed by atoms with Crippen LogP contribution in [0.5, 0.6) is 0 Å². The molecule has 4 nitrogen and oxygen atoms in total. The number of benzene rings is 3. The highest BCUT2D eigenvalue weighted by molar-refractivity contribution is 8.10. The van der Waals surface area contributed by atoms with Crippen molar-refractivity contribution in [3.05, 3.63) is 108 Å². The van der Waals surface area contributed by atoms with Crippen molar-refractivity contribution in [3.8, 4) is 11.8 Å². The van der Waals surface area contributed by atoms with E-state index in [1.165, 1.54) is 24.3 Å². The average molecular weight is 551 g/mol. The number of allylic oxidation sites excluding steroid dienone is 2. The lowest BCUT2D eigenvalue weighted by Crippen LogP contribution is -2.46. The summed E-state index contributed by atoms with van der Waals surface area (Å²) in [6, 6.07) is 25.6. The van der Waals surface area contributed by atoms with Crippen LogP contribution in [0.25, 0.3) is 0 Å². The summed E-state index contributed by atoms with van der Waals surface area (Å²) in [5.41, 5.74) is 1.68. The fourth-order valence-electron chi connectivity index (χ4n) is 4.30. The van der Waals surface area contributed by atoms with Crippen molar-refractivity contribution in [2.24, 2.45) is 0 Å². The van der Waals surface area contributed by atoms with Gasteiger partial charge in [0.1, 0.15) is 0 Å². The second-order valence-electron chi connectivity index (χ2n) is 10.4. The molecule has 3 aromatic carbocycles. The minimum Gasteiger partial charge on any atom is -0.222 e. The molecule has 0 saturated carbocycles. The molecule has 7 heteroatoms. The average Bonchev–Trinajstić information content (AvgIpc) is 2.86. The number of rotatable bonds is 9. The van der Waals surface area contributed by atoms with E-state index in [2.05, 4.69) is 31.5 Å². The van der Waals surface area contributed by atoms with E-state index >= 15 is 0 Å². The second kappa shape index (κ2) is 11.6. The quantitative estimate of drug-likeness (QED) is 0.168. The van der Waals surface area contributed by atoms with Gasteiger partial charge in [0.15, 0.2) is 23.8 Å². The normalized spacial score (nSPS) is 13.0. The molecule has 0 aliphatic rings. The topological polar surface area (TPSA) is 68.3 Å². The number of hydrogen-bond acceptors (Lipinski definition) is 4. The SMILES string of the molecule is C/C(=C/CC(CC#Cc1ccccc1)(S(=O)(=O)c1ccccc1)S(=O)(=O)c1ccccc1)C[Si](C)(C)C. The molecule has 0 unspecified atom stereocenters. The molecule has 0 bridgehead atoms. The van der Waals surface area contributed by atoms with E-state index in [-0.39, 0.29) is 22.6 Å². The third-order valence-electron chi connectivity index (χ3n) is 6.02. The summed E-state index contributed by atoms with van der Waals surface area (Å²) in [6.07, 6.45) is 1.23. The van der Waals surface area contributed by atoms with Crippen LogP contribution in [-0.2, 0) is 19.7 Å². The highest BCUT2D eigenvalue weighted by Gasteiger charge is 2.55. The molecule has 0 saturated heterocycles. The number of sulfone groups is 2. The molecule has 0 aliphatic carbocycles. The van der Waals surface area contributed by atoms with Gasteiger partial charge in [-0.25, -0.2) is 16.8 Å². The largest absolute Gasteiger partial charge is 0.222 e. The van der Waals surface area contributed by atoms with Crippen LogP contribution in [0.15, 0.2) is 112 Å². The van der Waals surface area contributed by atoms with Gasteiger partial charge in [-0.2, -0.15) is 0 Å². The van der Waals surface area contributed by atoms with Gasteiger partial charge < -0.3 is 0 Å². The summed E-state index contributed by atoms with van der Waals surface area (Å²) in [6.45, 7) is 8.63. The Morgan fingerprint density at radius 2 is 1.19 bits per heavy atom. The third kappa shape index (κ3) is 6.69.